The highest BCUT2D eigenvalue weighted by Crippen LogP contribution is 2.16. The highest BCUT2D eigenvalue weighted by atomic mass is 35.5. The normalized spacial score (nSPS) is 11.7. The van der Waals surface area contributed by atoms with Crippen LogP contribution in [0.2, 0.25) is 5.02 Å². The summed E-state index contributed by atoms with van der Waals surface area (Å²) in [6.45, 7) is 1.70. The van der Waals surface area contributed by atoms with Gasteiger partial charge in [0.05, 0.1) is 6.42 Å². The molecule has 3 N–H and O–H groups in total. The predicted molar refractivity (Wildman–Crippen MR) is 67.3 cm³/mol. The maximum atomic E-state index is 11.8. The fraction of sp³-hybridized carbons (Fsp3) is 0.250. The smallest absolute Gasteiger partial charge is 0.326 e. The van der Waals surface area contributed by atoms with Gasteiger partial charge in [-0.15, -0.1) is 0 Å². The van der Waals surface area contributed by atoms with Crippen molar-refractivity contribution in [2.45, 2.75) is 19.4 Å². The number of carboxylic acid groups (broad SMARTS) is 2. The SMILES string of the molecule is Cc1cc(C(=O)N[C@H](CC(=O)O)C(=O)O)ccc1Cl. The average molecular weight is 286 g/mol. The second-order valence-electron chi connectivity index (χ2n) is 3.93. The highest BCUT2D eigenvalue weighted by Gasteiger charge is 2.23. The minimum absolute atomic E-state index is 0.221. The molecule has 19 heavy (non-hydrogen) atoms. The van der Waals surface area contributed by atoms with Gasteiger partial charge in [0.1, 0.15) is 6.04 Å². The second kappa shape index (κ2) is 6.19. The lowest BCUT2D eigenvalue weighted by molar-refractivity contribution is -0.145. The predicted octanol–water partition coefficient (Wildman–Crippen LogP) is 1.31. The van der Waals surface area contributed by atoms with Crippen molar-refractivity contribution in [2.75, 3.05) is 0 Å². The molecule has 0 aliphatic rings. The summed E-state index contributed by atoms with van der Waals surface area (Å²) in [6.07, 6.45) is -0.687. The lowest BCUT2D eigenvalue weighted by Gasteiger charge is -2.12. The van der Waals surface area contributed by atoms with Gasteiger partial charge in [0, 0.05) is 10.6 Å². The van der Waals surface area contributed by atoms with Crippen molar-refractivity contribution in [1.29, 1.82) is 0 Å². The first-order valence-electron chi connectivity index (χ1n) is 5.33. The number of carbonyl (C=O) groups excluding carboxylic acids is 1. The molecular weight excluding hydrogens is 274 g/mol. The molecule has 0 aliphatic carbocycles. The van der Waals surface area contributed by atoms with Crippen molar-refractivity contribution in [3.63, 3.8) is 0 Å². The lowest BCUT2D eigenvalue weighted by atomic mass is 10.1. The van der Waals surface area contributed by atoms with E-state index in [0.29, 0.717) is 10.6 Å². The van der Waals surface area contributed by atoms with E-state index in [4.69, 9.17) is 21.8 Å². The Kier molecular flexibility index (Phi) is 4.88. The number of halogens is 1. The van der Waals surface area contributed by atoms with E-state index in [2.05, 4.69) is 5.32 Å². The fourth-order valence-electron chi connectivity index (χ4n) is 1.40. The summed E-state index contributed by atoms with van der Waals surface area (Å²) in [4.78, 5) is 33.1. The third-order valence-electron chi connectivity index (χ3n) is 2.40. The zero-order chi connectivity index (χ0) is 14.6. The molecule has 6 nitrogen and oxygen atoms in total. The number of nitrogens with one attached hydrogen (secondary N) is 1. The number of rotatable bonds is 5. The maximum absolute atomic E-state index is 11.8. The van der Waals surface area contributed by atoms with Crippen molar-refractivity contribution in [1.82, 2.24) is 5.32 Å². The van der Waals surface area contributed by atoms with E-state index in [-0.39, 0.29) is 5.56 Å². The van der Waals surface area contributed by atoms with Gasteiger partial charge in [-0.2, -0.15) is 0 Å². The van der Waals surface area contributed by atoms with Crippen LogP contribution in [0.1, 0.15) is 22.3 Å². The standard InChI is InChI=1S/C12H12ClNO5/c1-6-4-7(2-3-8(6)13)11(17)14-9(12(18)19)5-10(15)16/h2-4,9H,5H2,1H3,(H,14,17)(H,15,16)(H,18,19)/t9-/m1/s1. The molecule has 1 aromatic rings. The summed E-state index contributed by atoms with van der Waals surface area (Å²) in [5, 5.41) is 20.0. The molecule has 0 unspecified atom stereocenters. The quantitative estimate of drug-likeness (QED) is 0.756. The number of hydrogen-bond donors (Lipinski definition) is 3. The third-order valence-corrected chi connectivity index (χ3v) is 2.83. The van der Waals surface area contributed by atoms with Crippen LogP contribution >= 0.6 is 11.6 Å². The van der Waals surface area contributed by atoms with Crippen molar-refractivity contribution in [3.8, 4) is 0 Å². The van der Waals surface area contributed by atoms with Crippen molar-refractivity contribution in [2.24, 2.45) is 0 Å². The molecule has 1 atom stereocenters. The Morgan fingerprint density at radius 1 is 1.32 bits per heavy atom. The minimum Gasteiger partial charge on any atom is -0.481 e. The first kappa shape index (κ1) is 15.0. The van der Waals surface area contributed by atoms with Crippen LogP contribution in [0.4, 0.5) is 0 Å². The van der Waals surface area contributed by atoms with E-state index in [9.17, 15) is 14.4 Å². The van der Waals surface area contributed by atoms with Gasteiger partial charge in [-0.3, -0.25) is 9.59 Å². The molecule has 0 saturated heterocycles. The van der Waals surface area contributed by atoms with Gasteiger partial charge in [-0.1, -0.05) is 11.6 Å². The van der Waals surface area contributed by atoms with E-state index >= 15 is 0 Å². The third kappa shape index (κ3) is 4.26. The molecule has 1 amide bonds. The molecule has 0 fully saturated rings. The highest BCUT2D eigenvalue weighted by molar-refractivity contribution is 6.31. The number of carbonyl (C=O) groups is 3. The fourth-order valence-corrected chi connectivity index (χ4v) is 1.52. The van der Waals surface area contributed by atoms with Crippen LogP contribution in [0.5, 0.6) is 0 Å². The molecule has 0 spiro atoms. The summed E-state index contributed by atoms with van der Waals surface area (Å²) in [5.74, 6) is -3.37. The van der Waals surface area contributed by atoms with Crippen LogP contribution in [-0.2, 0) is 9.59 Å². The number of amides is 1. The summed E-state index contributed by atoms with van der Waals surface area (Å²) in [6, 6.07) is 2.97. The monoisotopic (exact) mass is 285 g/mol. The van der Waals surface area contributed by atoms with Crippen molar-refractivity contribution >= 4 is 29.4 Å². The van der Waals surface area contributed by atoms with Gasteiger partial charge >= 0.3 is 11.9 Å². The summed E-state index contributed by atoms with van der Waals surface area (Å²) in [7, 11) is 0. The van der Waals surface area contributed by atoms with E-state index in [1.54, 1.807) is 6.92 Å². The molecule has 1 rings (SSSR count). The zero-order valence-corrected chi connectivity index (χ0v) is 10.8. The Bertz CT molecular complexity index is 529. The summed E-state index contributed by atoms with van der Waals surface area (Å²) in [5.41, 5.74) is 0.887. The Hall–Kier alpha value is -2.08. The summed E-state index contributed by atoms with van der Waals surface area (Å²) >= 11 is 5.81. The molecular formula is C12H12ClNO5. The number of hydrogen-bond acceptors (Lipinski definition) is 3. The van der Waals surface area contributed by atoms with Crippen LogP contribution in [0, 0.1) is 6.92 Å². The van der Waals surface area contributed by atoms with Gasteiger partial charge in [0.25, 0.3) is 5.91 Å². The second-order valence-corrected chi connectivity index (χ2v) is 4.33. The number of aliphatic carboxylic acids is 2. The minimum atomic E-state index is -1.47. The van der Waals surface area contributed by atoms with Crippen molar-refractivity contribution < 1.29 is 24.6 Å². The largest absolute Gasteiger partial charge is 0.481 e. The number of benzene rings is 1. The van der Waals surface area contributed by atoms with Gasteiger partial charge in [-0.25, -0.2) is 4.79 Å². The zero-order valence-electron chi connectivity index (χ0n) is 10.0. The van der Waals surface area contributed by atoms with Crippen LogP contribution in [0.25, 0.3) is 0 Å². The lowest BCUT2D eigenvalue weighted by Crippen LogP contribution is -2.42. The first-order valence-corrected chi connectivity index (χ1v) is 5.70. The molecule has 0 radical (unpaired) electrons. The molecule has 102 valence electrons. The van der Waals surface area contributed by atoms with Gasteiger partial charge in [0.15, 0.2) is 0 Å². The Morgan fingerprint density at radius 2 is 1.95 bits per heavy atom. The molecule has 0 aliphatic heterocycles. The molecule has 0 saturated carbocycles. The van der Waals surface area contributed by atoms with Gasteiger partial charge in [0.2, 0.25) is 0 Å². The molecule has 7 heteroatoms. The first-order chi connectivity index (χ1) is 8.81. The van der Waals surface area contributed by atoms with Crippen molar-refractivity contribution in [3.05, 3.63) is 34.3 Å². The maximum Gasteiger partial charge on any atom is 0.326 e. The average Bonchev–Trinajstić information content (AvgIpc) is 2.31. The van der Waals surface area contributed by atoms with Crippen LogP contribution in [-0.4, -0.2) is 34.1 Å². The Morgan fingerprint density at radius 3 is 2.42 bits per heavy atom. The van der Waals surface area contributed by atoms with Gasteiger partial charge < -0.3 is 15.5 Å². The Balaban J connectivity index is 2.84. The van der Waals surface area contributed by atoms with Crippen LogP contribution < -0.4 is 5.32 Å². The number of carboxylic acids is 2. The van der Waals surface area contributed by atoms with Gasteiger partial charge in [-0.05, 0) is 30.7 Å². The molecule has 0 heterocycles. The van der Waals surface area contributed by atoms with E-state index in [0.717, 1.165) is 0 Å². The molecule has 0 bridgehead atoms. The molecule has 1 aromatic carbocycles. The topological polar surface area (TPSA) is 104 Å². The summed E-state index contributed by atoms with van der Waals surface area (Å²) < 4.78 is 0. The Labute approximate surface area is 114 Å². The number of aryl methyl sites for hydroxylation is 1. The van der Waals surface area contributed by atoms with E-state index < -0.39 is 30.3 Å². The van der Waals surface area contributed by atoms with Crippen LogP contribution in [0.15, 0.2) is 18.2 Å². The van der Waals surface area contributed by atoms with E-state index in [1.165, 1.54) is 18.2 Å². The van der Waals surface area contributed by atoms with Crippen LogP contribution in [0.3, 0.4) is 0 Å². The van der Waals surface area contributed by atoms with E-state index in [1.807, 2.05) is 0 Å². The molecule has 0 aromatic heterocycles.